The second-order valence-electron chi connectivity index (χ2n) is 7.35. The lowest BCUT2D eigenvalue weighted by Gasteiger charge is -2.28. The van der Waals surface area contributed by atoms with Gasteiger partial charge in [-0.2, -0.15) is 0 Å². The standard InChI is InChI=1S/C19H30O4/c20-19(21)10-4-2-1-3-9-15-16(18-12-11-17(15)23-18)13-22-14-7-5-6-8-14/h1,3,14-18H,2,4-13H2,(H,20,21)/t15-,16-,17-,18+/m1/s1. The summed E-state index contributed by atoms with van der Waals surface area (Å²) in [5, 5.41) is 8.64. The molecule has 0 unspecified atom stereocenters. The minimum atomic E-state index is -0.705. The van der Waals surface area contributed by atoms with Crippen LogP contribution in [0.5, 0.6) is 0 Å². The van der Waals surface area contributed by atoms with Gasteiger partial charge >= 0.3 is 5.97 Å². The normalized spacial score (nSPS) is 33.9. The van der Waals surface area contributed by atoms with Gasteiger partial charge in [-0.3, -0.25) is 4.79 Å². The van der Waals surface area contributed by atoms with Crippen LogP contribution in [0.2, 0.25) is 0 Å². The molecule has 0 radical (unpaired) electrons. The van der Waals surface area contributed by atoms with E-state index < -0.39 is 5.97 Å². The molecule has 0 aromatic heterocycles. The number of hydrogen-bond donors (Lipinski definition) is 1. The van der Waals surface area contributed by atoms with Crippen LogP contribution in [0.4, 0.5) is 0 Å². The molecule has 2 saturated heterocycles. The summed E-state index contributed by atoms with van der Waals surface area (Å²) >= 11 is 0. The number of hydrogen-bond acceptors (Lipinski definition) is 3. The fourth-order valence-corrected chi connectivity index (χ4v) is 4.47. The summed E-state index contributed by atoms with van der Waals surface area (Å²) in [5.41, 5.74) is 0. The van der Waals surface area contributed by atoms with Gasteiger partial charge < -0.3 is 14.6 Å². The monoisotopic (exact) mass is 322 g/mol. The molecule has 3 fully saturated rings. The molecule has 0 spiro atoms. The quantitative estimate of drug-likeness (QED) is 0.516. The first-order chi connectivity index (χ1) is 11.2. The Morgan fingerprint density at radius 2 is 1.83 bits per heavy atom. The summed E-state index contributed by atoms with van der Waals surface area (Å²) in [7, 11) is 0. The van der Waals surface area contributed by atoms with Crippen molar-refractivity contribution in [3.63, 3.8) is 0 Å². The highest BCUT2D eigenvalue weighted by Crippen LogP contribution is 2.45. The molecule has 4 atom stereocenters. The SMILES string of the molecule is O=C(O)CCCC=CC[C@@H]1[C@@H](COC2CCCC2)[C@@H]2CC[C@H]1O2. The number of carboxylic acid groups (broad SMARTS) is 1. The Labute approximate surface area is 139 Å². The molecule has 2 heterocycles. The molecule has 0 amide bonds. The predicted molar refractivity (Wildman–Crippen MR) is 88.3 cm³/mol. The van der Waals surface area contributed by atoms with E-state index in [1.165, 1.54) is 38.5 Å². The van der Waals surface area contributed by atoms with E-state index in [1.54, 1.807) is 0 Å². The molecule has 0 aromatic rings. The Hall–Kier alpha value is -0.870. The van der Waals surface area contributed by atoms with Crippen molar-refractivity contribution in [2.24, 2.45) is 11.8 Å². The average molecular weight is 322 g/mol. The highest BCUT2D eigenvalue weighted by atomic mass is 16.5. The Balaban J connectivity index is 1.42. The van der Waals surface area contributed by atoms with E-state index in [-0.39, 0.29) is 6.42 Å². The van der Waals surface area contributed by atoms with Gasteiger partial charge in [0.05, 0.1) is 24.9 Å². The van der Waals surface area contributed by atoms with Gasteiger partial charge in [0.2, 0.25) is 0 Å². The van der Waals surface area contributed by atoms with Crippen molar-refractivity contribution in [2.45, 2.75) is 82.5 Å². The van der Waals surface area contributed by atoms with Gasteiger partial charge in [-0.25, -0.2) is 0 Å². The van der Waals surface area contributed by atoms with Gasteiger partial charge in [0.25, 0.3) is 0 Å². The largest absolute Gasteiger partial charge is 0.481 e. The smallest absolute Gasteiger partial charge is 0.303 e. The first-order valence-electron chi connectivity index (χ1n) is 9.38. The molecule has 2 bridgehead atoms. The van der Waals surface area contributed by atoms with Gasteiger partial charge in [-0.05, 0) is 50.9 Å². The summed E-state index contributed by atoms with van der Waals surface area (Å²) in [4.78, 5) is 10.5. The van der Waals surface area contributed by atoms with E-state index in [2.05, 4.69) is 12.2 Å². The molecular formula is C19H30O4. The molecule has 4 nitrogen and oxygen atoms in total. The zero-order valence-corrected chi connectivity index (χ0v) is 14.0. The molecule has 2 aliphatic heterocycles. The highest BCUT2D eigenvalue weighted by molar-refractivity contribution is 5.66. The van der Waals surface area contributed by atoms with Crippen molar-refractivity contribution in [3.05, 3.63) is 12.2 Å². The molecule has 130 valence electrons. The van der Waals surface area contributed by atoms with Crippen LogP contribution < -0.4 is 0 Å². The van der Waals surface area contributed by atoms with Gasteiger partial charge in [0.1, 0.15) is 0 Å². The number of aliphatic carboxylic acids is 1. The van der Waals surface area contributed by atoms with Crippen LogP contribution in [0.15, 0.2) is 12.2 Å². The van der Waals surface area contributed by atoms with Crippen LogP contribution in [0.25, 0.3) is 0 Å². The molecule has 3 aliphatic rings. The Morgan fingerprint density at radius 1 is 1.09 bits per heavy atom. The number of carboxylic acids is 1. The minimum Gasteiger partial charge on any atom is -0.481 e. The van der Waals surface area contributed by atoms with Crippen molar-refractivity contribution in [3.8, 4) is 0 Å². The number of rotatable bonds is 9. The molecule has 0 aromatic carbocycles. The maximum Gasteiger partial charge on any atom is 0.303 e. The van der Waals surface area contributed by atoms with Crippen LogP contribution in [-0.2, 0) is 14.3 Å². The second kappa shape index (κ2) is 8.29. The third kappa shape index (κ3) is 4.57. The van der Waals surface area contributed by atoms with Crippen LogP contribution in [0.1, 0.15) is 64.2 Å². The maximum absolute atomic E-state index is 10.5. The third-order valence-electron chi connectivity index (χ3n) is 5.75. The van der Waals surface area contributed by atoms with Gasteiger partial charge in [-0.1, -0.05) is 25.0 Å². The molecular weight excluding hydrogens is 292 g/mol. The highest BCUT2D eigenvalue weighted by Gasteiger charge is 2.48. The fourth-order valence-electron chi connectivity index (χ4n) is 4.47. The number of fused-ring (bicyclic) bond motifs is 2. The molecule has 1 saturated carbocycles. The van der Waals surface area contributed by atoms with Crippen LogP contribution >= 0.6 is 0 Å². The number of allylic oxidation sites excluding steroid dienone is 2. The number of carbonyl (C=O) groups is 1. The second-order valence-corrected chi connectivity index (χ2v) is 7.35. The van der Waals surface area contributed by atoms with Gasteiger partial charge in [0.15, 0.2) is 0 Å². The van der Waals surface area contributed by atoms with E-state index in [4.69, 9.17) is 14.6 Å². The summed E-state index contributed by atoms with van der Waals surface area (Å²) in [6, 6.07) is 0. The van der Waals surface area contributed by atoms with Gasteiger partial charge in [0, 0.05) is 12.3 Å². The molecule has 1 N–H and O–H groups in total. The Bertz CT molecular complexity index is 414. The zero-order valence-electron chi connectivity index (χ0n) is 14.0. The summed E-state index contributed by atoms with van der Waals surface area (Å²) in [6.45, 7) is 0.864. The molecule has 1 aliphatic carbocycles. The maximum atomic E-state index is 10.5. The van der Waals surface area contributed by atoms with Crippen LogP contribution in [-0.4, -0.2) is 36.0 Å². The van der Waals surface area contributed by atoms with E-state index in [9.17, 15) is 4.79 Å². The molecule has 23 heavy (non-hydrogen) atoms. The van der Waals surface area contributed by atoms with Crippen molar-refractivity contribution < 1.29 is 19.4 Å². The van der Waals surface area contributed by atoms with Crippen LogP contribution in [0.3, 0.4) is 0 Å². The van der Waals surface area contributed by atoms with E-state index in [0.717, 1.165) is 25.9 Å². The topological polar surface area (TPSA) is 55.8 Å². The summed E-state index contributed by atoms with van der Waals surface area (Å²) in [5.74, 6) is 0.438. The van der Waals surface area contributed by atoms with E-state index in [1.807, 2.05) is 0 Å². The third-order valence-corrected chi connectivity index (χ3v) is 5.75. The first kappa shape index (κ1) is 17.0. The van der Waals surface area contributed by atoms with E-state index in [0.29, 0.717) is 30.1 Å². The van der Waals surface area contributed by atoms with E-state index >= 15 is 0 Å². The first-order valence-corrected chi connectivity index (χ1v) is 9.38. The fraction of sp³-hybridized carbons (Fsp3) is 0.842. The summed E-state index contributed by atoms with van der Waals surface area (Å²) in [6.07, 6.45) is 16.1. The number of unbranched alkanes of at least 4 members (excludes halogenated alkanes) is 1. The van der Waals surface area contributed by atoms with Crippen molar-refractivity contribution >= 4 is 5.97 Å². The Kier molecular flexibility index (Phi) is 6.12. The lowest BCUT2D eigenvalue weighted by molar-refractivity contribution is -0.137. The zero-order chi connectivity index (χ0) is 16.1. The van der Waals surface area contributed by atoms with Crippen LogP contribution in [0, 0.1) is 11.8 Å². The lowest BCUT2D eigenvalue weighted by atomic mass is 9.78. The minimum absolute atomic E-state index is 0.263. The molecule has 4 heteroatoms. The lowest BCUT2D eigenvalue weighted by Crippen LogP contribution is -2.31. The van der Waals surface area contributed by atoms with Crippen molar-refractivity contribution in [1.29, 1.82) is 0 Å². The van der Waals surface area contributed by atoms with Crippen molar-refractivity contribution in [2.75, 3.05) is 6.61 Å². The molecule has 3 rings (SSSR count). The average Bonchev–Trinajstić information content (AvgIpc) is 3.25. The number of ether oxygens (including phenoxy) is 2. The van der Waals surface area contributed by atoms with Gasteiger partial charge in [-0.15, -0.1) is 0 Å². The Morgan fingerprint density at radius 3 is 2.57 bits per heavy atom. The predicted octanol–water partition coefficient (Wildman–Crippen LogP) is 3.94. The summed E-state index contributed by atoms with van der Waals surface area (Å²) < 4.78 is 12.3. The van der Waals surface area contributed by atoms with Crippen molar-refractivity contribution in [1.82, 2.24) is 0 Å².